The number of halogens is 1. The van der Waals surface area contributed by atoms with Gasteiger partial charge in [0.1, 0.15) is 6.20 Å². The topological polar surface area (TPSA) is 8.81 Å². The normalized spacial score (nSPS) is 12.7. The Kier molecular flexibility index (Phi) is 4.97. The molecule has 0 amide bonds. The van der Waals surface area contributed by atoms with Gasteiger partial charge in [0.15, 0.2) is 5.69 Å². The summed E-state index contributed by atoms with van der Waals surface area (Å²) >= 11 is 0. The van der Waals surface area contributed by atoms with Crippen molar-refractivity contribution in [1.82, 2.24) is 4.57 Å². The zero-order valence-corrected chi connectivity index (χ0v) is 14.7. The molecule has 3 aromatic rings. The lowest BCUT2D eigenvalue weighted by atomic mass is 10.1. The molecule has 23 heavy (non-hydrogen) atoms. The second kappa shape index (κ2) is 7.14. The maximum absolute atomic E-state index is 2.50. The molecule has 0 saturated heterocycles. The van der Waals surface area contributed by atoms with Gasteiger partial charge in [0.2, 0.25) is 0 Å². The SMILES string of the molecule is [Br-].c1ccc(CC[n+]2cc(-c3ccccc3)n3c2CCC3)cc1. The number of nitrogens with zero attached hydrogens (tertiary/aromatic N) is 2. The monoisotopic (exact) mass is 368 g/mol. The first-order valence-electron chi connectivity index (χ1n) is 8.13. The van der Waals surface area contributed by atoms with E-state index in [1.165, 1.54) is 35.5 Å². The maximum atomic E-state index is 2.50. The molecule has 0 bridgehead atoms. The number of fused-ring (bicyclic) bond motifs is 1. The second-order valence-electron chi connectivity index (χ2n) is 5.98. The highest BCUT2D eigenvalue weighted by Crippen LogP contribution is 2.24. The van der Waals surface area contributed by atoms with E-state index in [2.05, 4.69) is 76.0 Å². The van der Waals surface area contributed by atoms with Crippen LogP contribution in [-0.2, 0) is 25.9 Å². The van der Waals surface area contributed by atoms with Crippen LogP contribution in [0.25, 0.3) is 11.3 Å². The molecule has 1 aromatic heterocycles. The summed E-state index contributed by atoms with van der Waals surface area (Å²) < 4.78 is 4.96. The Labute approximate surface area is 148 Å². The van der Waals surface area contributed by atoms with Crippen LogP contribution in [0.3, 0.4) is 0 Å². The van der Waals surface area contributed by atoms with E-state index in [-0.39, 0.29) is 17.0 Å². The largest absolute Gasteiger partial charge is 1.00 e. The molecule has 4 rings (SSSR count). The van der Waals surface area contributed by atoms with Gasteiger partial charge >= 0.3 is 0 Å². The minimum absolute atomic E-state index is 0. The number of imidazole rings is 1. The molecule has 1 aliphatic rings. The Balaban J connectivity index is 0.00000156. The number of hydrogen-bond donors (Lipinski definition) is 0. The lowest BCUT2D eigenvalue weighted by molar-refractivity contribution is -0.702. The van der Waals surface area contributed by atoms with Crippen LogP contribution < -0.4 is 21.5 Å². The van der Waals surface area contributed by atoms with Crippen LogP contribution in [0.5, 0.6) is 0 Å². The summed E-state index contributed by atoms with van der Waals surface area (Å²) in [4.78, 5) is 0. The van der Waals surface area contributed by atoms with Crippen molar-refractivity contribution in [3.63, 3.8) is 0 Å². The summed E-state index contributed by atoms with van der Waals surface area (Å²) in [5, 5.41) is 0. The molecule has 118 valence electrons. The molecule has 0 unspecified atom stereocenters. The molecule has 0 radical (unpaired) electrons. The van der Waals surface area contributed by atoms with Gasteiger partial charge in [0.25, 0.3) is 5.82 Å². The number of hydrogen-bond acceptors (Lipinski definition) is 0. The van der Waals surface area contributed by atoms with Crippen LogP contribution in [0.4, 0.5) is 0 Å². The maximum Gasteiger partial charge on any atom is 0.257 e. The van der Waals surface area contributed by atoms with Gasteiger partial charge in [0.05, 0.1) is 19.5 Å². The second-order valence-corrected chi connectivity index (χ2v) is 5.98. The molecular formula is C20H21BrN2. The predicted octanol–water partition coefficient (Wildman–Crippen LogP) is 0.636. The number of aryl methyl sites for hydroxylation is 2. The van der Waals surface area contributed by atoms with Gasteiger partial charge in [-0.1, -0.05) is 60.7 Å². The molecule has 0 N–H and O–H groups in total. The Morgan fingerprint density at radius 3 is 2.35 bits per heavy atom. The van der Waals surface area contributed by atoms with Crippen molar-refractivity contribution < 1.29 is 21.5 Å². The Bertz CT molecular complexity index is 763. The molecule has 2 heterocycles. The lowest BCUT2D eigenvalue weighted by Gasteiger charge is -2.00. The van der Waals surface area contributed by atoms with E-state index in [1.54, 1.807) is 0 Å². The van der Waals surface area contributed by atoms with E-state index in [1.807, 2.05) is 0 Å². The molecule has 0 fully saturated rings. The first-order chi connectivity index (χ1) is 10.9. The quantitative estimate of drug-likeness (QED) is 0.597. The van der Waals surface area contributed by atoms with E-state index in [0.29, 0.717) is 0 Å². The fourth-order valence-electron chi connectivity index (χ4n) is 3.44. The van der Waals surface area contributed by atoms with E-state index < -0.39 is 0 Å². The molecule has 2 aromatic carbocycles. The van der Waals surface area contributed by atoms with Crippen LogP contribution in [0, 0.1) is 0 Å². The van der Waals surface area contributed by atoms with Gasteiger partial charge in [-0.15, -0.1) is 0 Å². The summed E-state index contributed by atoms with van der Waals surface area (Å²) in [7, 11) is 0. The van der Waals surface area contributed by atoms with Crippen molar-refractivity contribution in [2.24, 2.45) is 0 Å². The van der Waals surface area contributed by atoms with Crippen LogP contribution in [0.15, 0.2) is 66.9 Å². The molecular weight excluding hydrogens is 348 g/mol. The van der Waals surface area contributed by atoms with E-state index in [9.17, 15) is 0 Å². The molecule has 0 aliphatic carbocycles. The molecule has 0 saturated carbocycles. The summed E-state index contributed by atoms with van der Waals surface area (Å²) in [6, 6.07) is 21.5. The van der Waals surface area contributed by atoms with Gasteiger partial charge in [-0.25, -0.2) is 9.13 Å². The zero-order valence-electron chi connectivity index (χ0n) is 13.2. The van der Waals surface area contributed by atoms with Crippen molar-refractivity contribution in [3.8, 4) is 11.3 Å². The van der Waals surface area contributed by atoms with Crippen molar-refractivity contribution in [1.29, 1.82) is 0 Å². The van der Waals surface area contributed by atoms with Crippen LogP contribution in [0.2, 0.25) is 0 Å². The Morgan fingerprint density at radius 2 is 1.61 bits per heavy atom. The van der Waals surface area contributed by atoms with Crippen molar-refractivity contribution in [2.45, 2.75) is 32.4 Å². The molecule has 0 spiro atoms. The van der Waals surface area contributed by atoms with E-state index in [0.717, 1.165) is 19.5 Å². The van der Waals surface area contributed by atoms with E-state index in [4.69, 9.17) is 0 Å². The highest BCUT2D eigenvalue weighted by atomic mass is 79.9. The van der Waals surface area contributed by atoms with Crippen LogP contribution in [0.1, 0.15) is 17.8 Å². The molecule has 0 atom stereocenters. The third kappa shape index (κ3) is 3.25. The summed E-state index contributed by atoms with van der Waals surface area (Å²) in [5.74, 6) is 1.48. The van der Waals surface area contributed by atoms with Crippen molar-refractivity contribution in [3.05, 3.63) is 78.2 Å². The number of aromatic nitrogens is 2. The molecule has 1 aliphatic heterocycles. The molecule has 2 nitrogen and oxygen atoms in total. The average molecular weight is 369 g/mol. The minimum Gasteiger partial charge on any atom is -1.00 e. The number of benzene rings is 2. The minimum atomic E-state index is 0. The van der Waals surface area contributed by atoms with Crippen molar-refractivity contribution >= 4 is 0 Å². The van der Waals surface area contributed by atoms with Gasteiger partial charge < -0.3 is 17.0 Å². The number of rotatable bonds is 4. The molecule has 3 heteroatoms. The summed E-state index contributed by atoms with van der Waals surface area (Å²) in [5.41, 5.74) is 4.10. The summed E-state index contributed by atoms with van der Waals surface area (Å²) in [6.07, 6.45) is 5.90. The van der Waals surface area contributed by atoms with Gasteiger partial charge in [-0.05, 0) is 12.0 Å². The average Bonchev–Trinajstić information content (AvgIpc) is 3.17. The summed E-state index contributed by atoms with van der Waals surface area (Å²) in [6.45, 7) is 2.21. The van der Waals surface area contributed by atoms with Gasteiger partial charge in [0, 0.05) is 12.0 Å². The first kappa shape index (κ1) is 16.0. The Hall–Kier alpha value is -1.87. The fraction of sp³-hybridized carbons (Fsp3) is 0.250. The third-order valence-electron chi connectivity index (χ3n) is 4.55. The Morgan fingerprint density at radius 1 is 0.913 bits per heavy atom. The van der Waals surface area contributed by atoms with Crippen LogP contribution in [-0.4, -0.2) is 4.57 Å². The smallest absolute Gasteiger partial charge is 0.257 e. The highest BCUT2D eigenvalue weighted by molar-refractivity contribution is 5.58. The first-order valence-corrected chi connectivity index (χ1v) is 8.13. The van der Waals surface area contributed by atoms with Gasteiger partial charge in [-0.3, -0.25) is 0 Å². The predicted molar refractivity (Wildman–Crippen MR) is 88.5 cm³/mol. The standard InChI is InChI=1S/C20H21N2.BrH/c1-3-8-17(9-4-1)13-15-21-16-19(18-10-5-2-6-11-18)22-14-7-12-20(21)22;/h1-6,8-11,16H,7,12-15H2;1H/q+1;/p-1. The highest BCUT2D eigenvalue weighted by Gasteiger charge is 2.28. The third-order valence-corrected chi connectivity index (χ3v) is 4.55. The van der Waals surface area contributed by atoms with E-state index >= 15 is 0 Å². The lowest BCUT2D eigenvalue weighted by Crippen LogP contribution is -3.00. The zero-order chi connectivity index (χ0) is 14.8. The fourth-order valence-corrected chi connectivity index (χ4v) is 3.44. The van der Waals surface area contributed by atoms with Crippen LogP contribution >= 0.6 is 0 Å². The van der Waals surface area contributed by atoms with Crippen molar-refractivity contribution in [2.75, 3.05) is 0 Å². The van der Waals surface area contributed by atoms with Gasteiger partial charge in [-0.2, -0.15) is 0 Å².